The van der Waals surface area contributed by atoms with E-state index in [2.05, 4.69) is 59.3 Å². The van der Waals surface area contributed by atoms with Crippen LogP contribution in [-0.4, -0.2) is 56.2 Å². The predicted octanol–water partition coefficient (Wildman–Crippen LogP) is 4.92. The summed E-state index contributed by atoms with van der Waals surface area (Å²) in [6, 6.07) is 16.2. The maximum atomic E-state index is 6.30. The zero-order valence-electron chi connectivity index (χ0n) is 19.1. The van der Waals surface area contributed by atoms with E-state index in [0.717, 1.165) is 37.2 Å². The third-order valence-corrected chi connectivity index (χ3v) is 7.67. The number of rotatable bonds is 6. The number of likely N-dealkylation sites (tertiary alicyclic amines) is 1. The number of methoxy groups -OCH3 is 1. The number of fused-ring (bicyclic) bond motifs is 1. The van der Waals surface area contributed by atoms with Gasteiger partial charge in [0, 0.05) is 25.0 Å². The quantitative estimate of drug-likeness (QED) is 0.663. The van der Waals surface area contributed by atoms with Crippen molar-refractivity contribution in [3.8, 4) is 11.5 Å². The van der Waals surface area contributed by atoms with Crippen LogP contribution in [0.15, 0.2) is 42.5 Å². The molecule has 4 nitrogen and oxygen atoms in total. The van der Waals surface area contributed by atoms with E-state index in [1.807, 2.05) is 0 Å². The summed E-state index contributed by atoms with van der Waals surface area (Å²) in [6.07, 6.45) is 6.83. The third-order valence-electron chi connectivity index (χ3n) is 7.67. The summed E-state index contributed by atoms with van der Waals surface area (Å²) < 4.78 is 11.6. The van der Waals surface area contributed by atoms with Gasteiger partial charge in [-0.15, -0.1) is 0 Å². The van der Waals surface area contributed by atoms with Gasteiger partial charge in [-0.2, -0.15) is 0 Å². The Morgan fingerprint density at radius 1 is 0.935 bits per heavy atom. The van der Waals surface area contributed by atoms with Crippen molar-refractivity contribution < 1.29 is 9.47 Å². The first-order valence-electron chi connectivity index (χ1n) is 12.0. The first-order chi connectivity index (χ1) is 15.2. The third kappa shape index (κ3) is 4.61. The maximum absolute atomic E-state index is 6.30. The highest BCUT2D eigenvalue weighted by Gasteiger charge is 2.29. The highest BCUT2D eigenvalue weighted by Crippen LogP contribution is 2.36. The van der Waals surface area contributed by atoms with Crippen LogP contribution in [0.1, 0.15) is 54.7 Å². The molecule has 0 aromatic heterocycles. The molecule has 0 bridgehead atoms. The van der Waals surface area contributed by atoms with Gasteiger partial charge in [-0.3, -0.25) is 0 Å². The van der Waals surface area contributed by atoms with Crippen LogP contribution in [0, 0.1) is 5.92 Å². The molecule has 3 aliphatic rings. The monoisotopic (exact) mass is 420 g/mol. The Hall–Kier alpha value is -2.04. The van der Waals surface area contributed by atoms with E-state index >= 15 is 0 Å². The van der Waals surface area contributed by atoms with Crippen molar-refractivity contribution in [2.75, 3.05) is 40.4 Å². The van der Waals surface area contributed by atoms with E-state index in [1.165, 1.54) is 61.9 Å². The number of benzene rings is 2. The van der Waals surface area contributed by atoms with Crippen LogP contribution in [0.25, 0.3) is 0 Å². The van der Waals surface area contributed by atoms with Gasteiger partial charge in [0.25, 0.3) is 0 Å². The Balaban J connectivity index is 1.22. The first-order valence-corrected chi connectivity index (χ1v) is 12.0. The zero-order chi connectivity index (χ0) is 21.2. The molecule has 4 heteroatoms. The number of hydrogen-bond donors (Lipinski definition) is 0. The van der Waals surface area contributed by atoms with Crippen LogP contribution in [0.3, 0.4) is 0 Å². The second-order valence-electron chi connectivity index (χ2n) is 9.76. The molecule has 166 valence electrons. The van der Waals surface area contributed by atoms with Gasteiger partial charge in [-0.25, -0.2) is 0 Å². The van der Waals surface area contributed by atoms with E-state index in [-0.39, 0.29) is 0 Å². The summed E-state index contributed by atoms with van der Waals surface area (Å²) in [4.78, 5) is 5.13. The second kappa shape index (κ2) is 9.22. The smallest absolute Gasteiger partial charge is 0.119 e. The van der Waals surface area contributed by atoms with Crippen LogP contribution in [0.2, 0.25) is 0 Å². The molecule has 2 fully saturated rings. The number of ether oxygens (including phenoxy) is 2. The Bertz CT molecular complexity index is 869. The van der Waals surface area contributed by atoms with Crippen molar-refractivity contribution in [3.05, 3.63) is 59.2 Å². The summed E-state index contributed by atoms with van der Waals surface area (Å²) >= 11 is 0. The summed E-state index contributed by atoms with van der Waals surface area (Å²) in [5.74, 6) is 3.03. The molecule has 0 N–H and O–H groups in total. The molecule has 31 heavy (non-hydrogen) atoms. The fraction of sp³-hybridized carbons (Fsp3) is 0.556. The van der Waals surface area contributed by atoms with Crippen molar-refractivity contribution in [1.29, 1.82) is 0 Å². The summed E-state index contributed by atoms with van der Waals surface area (Å²) in [6.45, 7) is 5.40. The van der Waals surface area contributed by atoms with E-state index in [1.54, 1.807) is 7.11 Å². The molecule has 1 saturated heterocycles. The molecule has 2 aromatic rings. The minimum atomic E-state index is 0.393. The van der Waals surface area contributed by atoms with Crippen molar-refractivity contribution in [2.24, 2.45) is 5.92 Å². The average Bonchev–Trinajstić information content (AvgIpc) is 2.77. The van der Waals surface area contributed by atoms with Gasteiger partial charge >= 0.3 is 0 Å². The van der Waals surface area contributed by atoms with Gasteiger partial charge < -0.3 is 19.3 Å². The largest absolute Gasteiger partial charge is 0.497 e. The maximum Gasteiger partial charge on any atom is 0.119 e. The van der Waals surface area contributed by atoms with Crippen LogP contribution >= 0.6 is 0 Å². The molecule has 1 unspecified atom stereocenters. The number of piperidine rings is 1. The van der Waals surface area contributed by atoms with Gasteiger partial charge in [-0.1, -0.05) is 24.6 Å². The highest BCUT2D eigenvalue weighted by atomic mass is 16.5. The summed E-state index contributed by atoms with van der Waals surface area (Å²) in [5.41, 5.74) is 4.18. The zero-order valence-corrected chi connectivity index (χ0v) is 19.1. The molecular weight excluding hydrogens is 384 g/mol. The highest BCUT2D eigenvalue weighted by molar-refractivity contribution is 5.45. The van der Waals surface area contributed by atoms with Crippen LogP contribution in [-0.2, 0) is 6.54 Å². The topological polar surface area (TPSA) is 24.9 Å². The lowest BCUT2D eigenvalue weighted by Crippen LogP contribution is -2.45. The van der Waals surface area contributed by atoms with Gasteiger partial charge in [0.15, 0.2) is 0 Å². The molecule has 0 amide bonds. The SMILES string of the molecule is COc1ccc(C2CN(C)Cc3cc(OCC4CCN(C5CCC5)CC4)ccc32)cc1. The van der Waals surface area contributed by atoms with Crippen molar-refractivity contribution in [1.82, 2.24) is 9.80 Å². The van der Waals surface area contributed by atoms with E-state index in [4.69, 9.17) is 9.47 Å². The molecule has 2 heterocycles. The Morgan fingerprint density at radius 2 is 1.68 bits per heavy atom. The lowest BCUT2D eigenvalue weighted by atomic mass is 9.84. The number of likely N-dealkylation sites (N-methyl/N-ethyl adjacent to an activating group) is 1. The molecule has 5 rings (SSSR count). The fourth-order valence-corrected chi connectivity index (χ4v) is 5.49. The average molecular weight is 421 g/mol. The van der Waals surface area contributed by atoms with Crippen LogP contribution < -0.4 is 9.47 Å². The Kier molecular flexibility index (Phi) is 6.20. The van der Waals surface area contributed by atoms with Crippen LogP contribution in [0.4, 0.5) is 0 Å². The number of nitrogens with zero attached hydrogens (tertiary/aromatic N) is 2. The van der Waals surface area contributed by atoms with Crippen molar-refractivity contribution in [3.63, 3.8) is 0 Å². The minimum Gasteiger partial charge on any atom is -0.497 e. The Morgan fingerprint density at radius 3 is 2.35 bits per heavy atom. The molecular formula is C27H36N2O2. The van der Waals surface area contributed by atoms with Gasteiger partial charge in [0.2, 0.25) is 0 Å². The van der Waals surface area contributed by atoms with E-state index in [9.17, 15) is 0 Å². The number of hydrogen-bond acceptors (Lipinski definition) is 4. The molecule has 1 saturated carbocycles. The van der Waals surface area contributed by atoms with E-state index in [0.29, 0.717) is 11.8 Å². The van der Waals surface area contributed by atoms with Crippen molar-refractivity contribution >= 4 is 0 Å². The molecule has 2 aromatic carbocycles. The standard InChI is InChI=1S/C27H36N2O2/c1-28-17-22-16-25(31-19-20-12-14-29(15-13-20)23-4-3-5-23)10-11-26(22)27(18-28)21-6-8-24(30-2)9-7-21/h6-11,16,20,23,27H,3-5,12-15,17-19H2,1-2H3. The van der Waals surface area contributed by atoms with Crippen LogP contribution in [0.5, 0.6) is 11.5 Å². The molecule has 0 spiro atoms. The lowest BCUT2D eigenvalue weighted by Gasteiger charge is -2.41. The first kappa shape index (κ1) is 20.8. The lowest BCUT2D eigenvalue weighted by molar-refractivity contribution is 0.0708. The van der Waals surface area contributed by atoms with Crippen molar-refractivity contribution in [2.45, 2.75) is 50.6 Å². The fourth-order valence-electron chi connectivity index (χ4n) is 5.49. The molecule has 0 radical (unpaired) electrons. The normalized spacial score (nSPS) is 23.2. The van der Waals surface area contributed by atoms with Gasteiger partial charge in [0.05, 0.1) is 13.7 Å². The molecule has 1 atom stereocenters. The molecule has 2 aliphatic heterocycles. The minimum absolute atomic E-state index is 0.393. The van der Waals surface area contributed by atoms with Gasteiger partial charge in [0.1, 0.15) is 11.5 Å². The summed E-state index contributed by atoms with van der Waals surface area (Å²) in [7, 11) is 3.93. The predicted molar refractivity (Wildman–Crippen MR) is 125 cm³/mol. The molecule has 1 aliphatic carbocycles. The van der Waals surface area contributed by atoms with E-state index < -0.39 is 0 Å². The Labute approximate surface area is 187 Å². The summed E-state index contributed by atoms with van der Waals surface area (Å²) in [5, 5.41) is 0. The van der Waals surface area contributed by atoms with Gasteiger partial charge in [-0.05, 0) is 92.7 Å². The second-order valence-corrected chi connectivity index (χ2v) is 9.76.